The van der Waals surface area contributed by atoms with E-state index in [9.17, 15) is 4.79 Å². The molecule has 0 N–H and O–H groups in total. The Morgan fingerprint density at radius 3 is 2.78 bits per heavy atom. The highest BCUT2D eigenvalue weighted by molar-refractivity contribution is 5.91. The SMILES string of the molecule is C=C(C(=O)OCCC(CC)CCCC)C1C=Cc2ccccc21. The Hall–Kier alpha value is -1.83. The molecule has 0 radical (unpaired) electrons. The molecule has 0 aromatic heterocycles. The van der Waals surface area contributed by atoms with Gasteiger partial charge in [-0.15, -0.1) is 0 Å². The number of unbranched alkanes of at least 4 members (excludes halogenated alkanes) is 1. The molecular weight excluding hydrogens is 284 g/mol. The van der Waals surface area contributed by atoms with E-state index in [2.05, 4.69) is 38.6 Å². The second-order valence-corrected chi connectivity index (χ2v) is 6.33. The molecule has 1 aromatic rings. The zero-order chi connectivity index (χ0) is 16.7. The minimum Gasteiger partial charge on any atom is -0.462 e. The topological polar surface area (TPSA) is 26.3 Å². The average molecular weight is 312 g/mol. The number of hydrogen-bond acceptors (Lipinski definition) is 2. The Morgan fingerprint density at radius 1 is 1.26 bits per heavy atom. The Morgan fingerprint density at radius 2 is 2.04 bits per heavy atom. The van der Waals surface area contributed by atoms with Crippen molar-refractivity contribution in [2.45, 2.75) is 51.9 Å². The van der Waals surface area contributed by atoms with Gasteiger partial charge in [0.1, 0.15) is 0 Å². The van der Waals surface area contributed by atoms with Crippen molar-refractivity contribution >= 4 is 12.0 Å². The zero-order valence-corrected chi connectivity index (χ0v) is 14.4. The minimum atomic E-state index is -0.262. The van der Waals surface area contributed by atoms with Crippen LogP contribution in [0.5, 0.6) is 0 Å². The molecule has 2 atom stereocenters. The van der Waals surface area contributed by atoms with E-state index in [4.69, 9.17) is 4.74 Å². The van der Waals surface area contributed by atoms with Crippen molar-refractivity contribution in [3.8, 4) is 0 Å². The molecule has 0 spiro atoms. The Labute approximate surface area is 140 Å². The summed E-state index contributed by atoms with van der Waals surface area (Å²) in [4.78, 5) is 12.3. The highest BCUT2D eigenvalue weighted by atomic mass is 16.5. The molecule has 0 bridgehead atoms. The molecule has 0 aliphatic heterocycles. The second-order valence-electron chi connectivity index (χ2n) is 6.33. The molecule has 2 rings (SSSR count). The van der Waals surface area contributed by atoms with Gasteiger partial charge in [0.15, 0.2) is 0 Å². The fraction of sp³-hybridized carbons (Fsp3) is 0.476. The van der Waals surface area contributed by atoms with Gasteiger partial charge in [-0.2, -0.15) is 0 Å². The lowest BCUT2D eigenvalue weighted by Crippen LogP contribution is -2.14. The molecule has 0 saturated heterocycles. The summed E-state index contributed by atoms with van der Waals surface area (Å²) >= 11 is 0. The normalized spacial score (nSPS) is 16.9. The lowest BCUT2D eigenvalue weighted by Gasteiger charge is -2.16. The van der Waals surface area contributed by atoms with Crippen LogP contribution in [0.4, 0.5) is 0 Å². The molecule has 23 heavy (non-hydrogen) atoms. The third-order valence-electron chi connectivity index (χ3n) is 4.74. The number of carbonyl (C=O) groups excluding carboxylic acids is 1. The smallest absolute Gasteiger partial charge is 0.334 e. The number of carbonyl (C=O) groups is 1. The van der Waals surface area contributed by atoms with Crippen LogP contribution in [0.3, 0.4) is 0 Å². The van der Waals surface area contributed by atoms with E-state index in [0.717, 1.165) is 24.0 Å². The first kappa shape index (κ1) is 17.5. The molecule has 2 unspecified atom stereocenters. The molecule has 1 aliphatic rings. The summed E-state index contributed by atoms with van der Waals surface area (Å²) < 4.78 is 5.47. The molecular formula is C21H28O2. The number of hydrogen-bond donors (Lipinski definition) is 0. The van der Waals surface area contributed by atoms with E-state index in [0.29, 0.717) is 18.1 Å². The van der Waals surface area contributed by atoms with E-state index in [1.54, 1.807) is 0 Å². The van der Waals surface area contributed by atoms with Crippen LogP contribution in [0.2, 0.25) is 0 Å². The Balaban J connectivity index is 1.82. The van der Waals surface area contributed by atoms with E-state index in [1.807, 2.05) is 18.2 Å². The summed E-state index contributed by atoms with van der Waals surface area (Å²) in [5, 5.41) is 0. The maximum absolute atomic E-state index is 12.3. The number of rotatable bonds is 9. The van der Waals surface area contributed by atoms with Gasteiger partial charge in [-0.05, 0) is 23.5 Å². The fourth-order valence-corrected chi connectivity index (χ4v) is 3.14. The van der Waals surface area contributed by atoms with Gasteiger partial charge in [0.25, 0.3) is 0 Å². The number of benzene rings is 1. The van der Waals surface area contributed by atoms with Crippen LogP contribution in [0.25, 0.3) is 6.08 Å². The van der Waals surface area contributed by atoms with Crippen LogP contribution >= 0.6 is 0 Å². The summed E-state index contributed by atoms with van der Waals surface area (Å²) in [5.74, 6) is 0.352. The molecule has 0 fully saturated rings. The van der Waals surface area contributed by atoms with Gasteiger partial charge in [0.05, 0.1) is 6.61 Å². The number of ether oxygens (including phenoxy) is 1. The third-order valence-corrected chi connectivity index (χ3v) is 4.74. The summed E-state index contributed by atoms with van der Waals surface area (Å²) in [6.07, 6.45) is 9.89. The van der Waals surface area contributed by atoms with Crippen molar-refractivity contribution in [1.29, 1.82) is 0 Å². The summed E-state index contributed by atoms with van der Waals surface area (Å²) in [7, 11) is 0. The third kappa shape index (κ3) is 4.57. The highest BCUT2D eigenvalue weighted by Crippen LogP contribution is 2.35. The van der Waals surface area contributed by atoms with Gasteiger partial charge in [0, 0.05) is 11.5 Å². The van der Waals surface area contributed by atoms with Crippen LogP contribution in [0.1, 0.15) is 63.0 Å². The first-order valence-corrected chi connectivity index (χ1v) is 8.80. The van der Waals surface area contributed by atoms with E-state index >= 15 is 0 Å². The first-order valence-electron chi connectivity index (χ1n) is 8.80. The van der Waals surface area contributed by atoms with Crippen molar-refractivity contribution < 1.29 is 9.53 Å². The van der Waals surface area contributed by atoms with Crippen LogP contribution < -0.4 is 0 Å². The predicted octanol–water partition coefficient (Wildman–Crippen LogP) is 5.50. The molecule has 0 saturated carbocycles. The monoisotopic (exact) mass is 312 g/mol. The largest absolute Gasteiger partial charge is 0.462 e. The van der Waals surface area contributed by atoms with Crippen LogP contribution in [-0.4, -0.2) is 12.6 Å². The molecule has 1 aliphatic carbocycles. The van der Waals surface area contributed by atoms with Gasteiger partial charge < -0.3 is 4.74 Å². The molecule has 0 heterocycles. The average Bonchev–Trinajstić information content (AvgIpc) is 3.01. The van der Waals surface area contributed by atoms with E-state index in [-0.39, 0.29) is 11.9 Å². The maximum Gasteiger partial charge on any atom is 0.334 e. The molecule has 2 nitrogen and oxygen atoms in total. The lowest BCUT2D eigenvalue weighted by molar-refractivity contribution is -0.139. The Kier molecular flexibility index (Phi) is 6.64. The van der Waals surface area contributed by atoms with Crippen molar-refractivity contribution in [3.05, 3.63) is 53.6 Å². The van der Waals surface area contributed by atoms with E-state index in [1.165, 1.54) is 19.3 Å². The quantitative estimate of drug-likeness (QED) is 0.444. The van der Waals surface area contributed by atoms with Gasteiger partial charge in [-0.1, -0.05) is 82.5 Å². The number of fused-ring (bicyclic) bond motifs is 1. The highest BCUT2D eigenvalue weighted by Gasteiger charge is 2.24. The molecule has 0 amide bonds. The maximum atomic E-state index is 12.3. The summed E-state index contributed by atoms with van der Waals surface area (Å²) in [6.45, 7) is 8.90. The lowest BCUT2D eigenvalue weighted by atomic mass is 9.94. The van der Waals surface area contributed by atoms with Gasteiger partial charge in [0.2, 0.25) is 0 Å². The Bertz CT molecular complexity index is 571. The minimum absolute atomic E-state index is 0.0410. The standard InChI is InChI=1S/C21H28O2/c1-4-6-9-17(5-2)14-15-23-21(22)16(3)19-13-12-18-10-7-8-11-20(18)19/h7-8,10-13,17,19H,3-6,9,14-15H2,1-2H3. The predicted molar refractivity (Wildman–Crippen MR) is 96.2 cm³/mol. The molecule has 2 heteroatoms. The van der Waals surface area contributed by atoms with Crippen LogP contribution in [0.15, 0.2) is 42.5 Å². The van der Waals surface area contributed by atoms with Gasteiger partial charge in [-0.3, -0.25) is 0 Å². The van der Waals surface area contributed by atoms with Crippen molar-refractivity contribution in [1.82, 2.24) is 0 Å². The van der Waals surface area contributed by atoms with Crippen molar-refractivity contribution in [2.75, 3.05) is 6.61 Å². The zero-order valence-electron chi connectivity index (χ0n) is 14.4. The van der Waals surface area contributed by atoms with Crippen LogP contribution in [-0.2, 0) is 9.53 Å². The number of allylic oxidation sites excluding steroid dienone is 1. The molecule has 124 valence electrons. The van der Waals surface area contributed by atoms with Gasteiger partial charge in [-0.25, -0.2) is 4.79 Å². The second kappa shape index (κ2) is 8.71. The van der Waals surface area contributed by atoms with Crippen molar-refractivity contribution in [3.63, 3.8) is 0 Å². The van der Waals surface area contributed by atoms with Crippen LogP contribution in [0, 0.1) is 5.92 Å². The van der Waals surface area contributed by atoms with Gasteiger partial charge >= 0.3 is 5.97 Å². The molecule has 1 aromatic carbocycles. The summed E-state index contributed by atoms with van der Waals surface area (Å²) in [6, 6.07) is 8.12. The summed E-state index contributed by atoms with van der Waals surface area (Å²) in [5.41, 5.74) is 2.84. The first-order chi connectivity index (χ1) is 11.2. The number of esters is 1. The fourth-order valence-electron chi connectivity index (χ4n) is 3.14. The van der Waals surface area contributed by atoms with Crippen molar-refractivity contribution in [2.24, 2.45) is 5.92 Å². The van der Waals surface area contributed by atoms with E-state index < -0.39 is 0 Å².